The Bertz CT molecular complexity index is 1620. The average Bonchev–Trinajstić information content (AvgIpc) is 3.52. The van der Waals surface area contributed by atoms with Gasteiger partial charge in [-0.3, -0.25) is 9.69 Å². The number of H-pyrrole nitrogens is 1. The van der Waals surface area contributed by atoms with Crippen LogP contribution < -0.4 is 0 Å². The molecule has 0 spiro atoms. The van der Waals surface area contributed by atoms with Crippen molar-refractivity contribution in [3.05, 3.63) is 89.4 Å². The number of aromatic nitrogens is 3. The number of fused-ring (bicyclic) bond motifs is 2. The predicted octanol–water partition coefficient (Wildman–Crippen LogP) is 6.11. The molecule has 0 atom stereocenters. The summed E-state index contributed by atoms with van der Waals surface area (Å²) in [5.74, 6) is 0.598. The molecule has 6 heteroatoms. The lowest BCUT2D eigenvalue weighted by molar-refractivity contribution is 0.0827. The molecule has 5 aromatic rings. The zero-order valence-electron chi connectivity index (χ0n) is 22.7. The fourth-order valence-corrected chi connectivity index (χ4v) is 5.97. The van der Waals surface area contributed by atoms with Crippen LogP contribution in [0.3, 0.4) is 0 Å². The van der Waals surface area contributed by atoms with Crippen molar-refractivity contribution in [2.75, 3.05) is 27.2 Å². The minimum atomic E-state index is 0.0548. The number of aromatic amines is 1. The molecule has 1 aliphatic heterocycles. The Morgan fingerprint density at radius 2 is 1.79 bits per heavy atom. The van der Waals surface area contributed by atoms with Crippen LogP contribution in [-0.2, 0) is 13.6 Å². The second-order valence-corrected chi connectivity index (χ2v) is 10.9. The molecular weight excluding hydrogens is 470 g/mol. The number of hydrogen-bond donors (Lipinski definition) is 1. The molecule has 1 amide bonds. The van der Waals surface area contributed by atoms with Gasteiger partial charge >= 0.3 is 0 Å². The molecule has 0 saturated carbocycles. The summed E-state index contributed by atoms with van der Waals surface area (Å²) in [6.45, 7) is 5.23. The van der Waals surface area contributed by atoms with E-state index in [9.17, 15) is 4.79 Å². The molecule has 0 radical (unpaired) electrons. The average molecular weight is 506 g/mol. The molecule has 1 aliphatic rings. The molecule has 38 heavy (non-hydrogen) atoms. The normalized spacial score (nSPS) is 14.9. The van der Waals surface area contributed by atoms with Gasteiger partial charge in [-0.1, -0.05) is 12.1 Å². The topological polar surface area (TPSA) is 57.2 Å². The van der Waals surface area contributed by atoms with Gasteiger partial charge in [-0.15, -0.1) is 0 Å². The van der Waals surface area contributed by atoms with E-state index >= 15 is 0 Å². The molecule has 0 bridgehead atoms. The number of rotatable bonds is 5. The number of pyridine rings is 1. The van der Waals surface area contributed by atoms with Crippen LogP contribution in [0.2, 0.25) is 0 Å². The van der Waals surface area contributed by atoms with Gasteiger partial charge in [0, 0.05) is 62.2 Å². The van der Waals surface area contributed by atoms with Crippen molar-refractivity contribution >= 4 is 27.8 Å². The molecular formula is C32H35N5O. The van der Waals surface area contributed by atoms with Crippen molar-refractivity contribution < 1.29 is 4.79 Å². The van der Waals surface area contributed by atoms with Gasteiger partial charge in [-0.25, -0.2) is 4.98 Å². The Hall–Kier alpha value is -3.90. The van der Waals surface area contributed by atoms with Crippen LogP contribution in [0.4, 0.5) is 0 Å². The van der Waals surface area contributed by atoms with Crippen LogP contribution >= 0.6 is 0 Å². The maximum Gasteiger partial charge on any atom is 0.253 e. The number of benzene rings is 2. The van der Waals surface area contributed by atoms with E-state index < -0.39 is 0 Å². The van der Waals surface area contributed by atoms with Crippen molar-refractivity contribution in [1.82, 2.24) is 24.3 Å². The molecule has 0 aliphatic carbocycles. The number of carbonyl (C=O) groups is 1. The molecule has 1 saturated heterocycles. The first-order chi connectivity index (χ1) is 18.4. The number of hydrogen-bond acceptors (Lipinski definition) is 3. The van der Waals surface area contributed by atoms with Gasteiger partial charge in [0.2, 0.25) is 0 Å². The van der Waals surface area contributed by atoms with E-state index in [4.69, 9.17) is 4.98 Å². The van der Waals surface area contributed by atoms with Gasteiger partial charge in [-0.05, 0) is 109 Å². The summed E-state index contributed by atoms with van der Waals surface area (Å²) < 4.78 is 2.26. The summed E-state index contributed by atoms with van der Waals surface area (Å²) in [7, 11) is 5.73. The number of nitrogens with one attached hydrogen (secondary N) is 1. The molecule has 0 unspecified atom stereocenters. The van der Waals surface area contributed by atoms with Gasteiger partial charge in [0.25, 0.3) is 5.91 Å². The number of aryl methyl sites for hydroxylation is 2. The molecule has 1 N–H and O–H groups in total. The number of piperidine rings is 1. The monoisotopic (exact) mass is 505 g/mol. The number of amides is 1. The first-order valence-electron chi connectivity index (χ1n) is 13.4. The third-order valence-electron chi connectivity index (χ3n) is 8.23. The number of likely N-dealkylation sites (tertiary alicyclic amines) is 1. The van der Waals surface area contributed by atoms with Crippen LogP contribution in [0.15, 0.2) is 67.0 Å². The van der Waals surface area contributed by atoms with Crippen LogP contribution in [-0.4, -0.2) is 57.4 Å². The minimum Gasteiger partial charge on any atom is -0.361 e. The molecule has 2 aromatic carbocycles. The maximum absolute atomic E-state index is 12.2. The molecule has 4 heterocycles. The van der Waals surface area contributed by atoms with E-state index in [0.717, 1.165) is 43.7 Å². The molecule has 1 fully saturated rings. The van der Waals surface area contributed by atoms with Crippen molar-refractivity contribution in [3.8, 4) is 11.1 Å². The van der Waals surface area contributed by atoms with E-state index in [0.29, 0.717) is 5.92 Å². The maximum atomic E-state index is 12.2. The summed E-state index contributed by atoms with van der Waals surface area (Å²) in [6, 6.07) is 19.4. The lowest BCUT2D eigenvalue weighted by Gasteiger charge is -2.32. The lowest BCUT2D eigenvalue weighted by atomic mass is 9.89. The van der Waals surface area contributed by atoms with E-state index in [2.05, 4.69) is 70.9 Å². The Kier molecular flexibility index (Phi) is 6.28. The third-order valence-corrected chi connectivity index (χ3v) is 8.23. The van der Waals surface area contributed by atoms with Gasteiger partial charge in [0.15, 0.2) is 0 Å². The first-order valence-corrected chi connectivity index (χ1v) is 13.4. The van der Waals surface area contributed by atoms with Gasteiger partial charge < -0.3 is 14.5 Å². The van der Waals surface area contributed by atoms with Crippen LogP contribution in [0.5, 0.6) is 0 Å². The summed E-state index contributed by atoms with van der Waals surface area (Å²) in [5.41, 5.74) is 9.37. The standard InChI is InChI=1S/C32H35N5O/c1-21-17-30-25(9-13-33-30)18-28(21)27-10-14-34-31-29(27)19-26(36(31)4)20-37-15-11-23(12-16-37)22-5-7-24(8-6-22)32(38)35(2)3/h5-10,13-14,17-19,23,33H,11-12,15-16,20H2,1-4H3. The van der Waals surface area contributed by atoms with E-state index in [1.165, 1.54) is 44.2 Å². The fraction of sp³-hybridized carbons (Fsp3) is 0.312. The Labute approximate surface area is 223 Å². The molecule has 6 rings (SSSR count). The second kappa shape index (κ2) is 9.76. The highest BCUT2D eigenvalue weighted by molar-refractivity contribution is 5.98. The smallest absolute Gasteiger partial charge is 0.253 e. The quantitative estimate of drug-likeness (QED) is 0.313. The highest BCUT2D eigenvalue weighted by Crippen LogP contribution is 2.35. The van der Waals surface area contributed by atoms with Crippen molar-refractivity contribution in [2.45, 2.75) is 32.2 Å². The molecule has 3 aromatic heterocycles. The SMILES string of the molecule is Cc1cc2[nH]ccc2cc1-c1ccnc2c1cc(CN1CCC(c3ccc(C(=O)N(C)C)cc3)CC1)n2C. The zero-order chi connectivity index (χ0) is 26.4. The largest absolute Gasteiger partial charge is 0.361 e. The molecule has 6 nitrogen and oxygen atoms in total. The van der Waals surface area contributed by atoms with Crippen molar-refractivity contribution in [2.24, 2.45) is 7.05 Å². The van der Waals surface area contributed by atoms with E-state index in [1.807, 2.05) is 24.5 Å². The number of nitrogens with zero attached hydrogens (tertiary/aromatic N) is 4. The zero-order valence-corrected chi connectivity index (χ0v) is 22.7. The predicted molar refractivity (Wildman–Crippen MR) is 154 cm³/mol. The summed E-state index contributed by atoms with van der Waals surface area (Å²) in [5, 5.41) is 2.44. The Morgan fingerprint density at radius 1 is 1.03 bits per heavy atom. The lowest BCUT2D eigenvalue weighted by Crippen LogP contribution is -2.33. The summed E-state index contributed by atoms with van der Waals surface area (Å²) in [6.07, 6.45) is 6.20. The first kappa shape index (κ1) is 24.4. The second-order valence-electron chi connectivity index (χ2n) is 10.9. The Morgan fingerprint density at radius 3 is 2.53 bits per heavy atom. The van der Waals surface area contributed by atoms with Crippen LogP contribution in [0.1, 0.15) is 45.9 Å². The summed E-state index contributed by atoms with van der Waals surface area (Å²) >= 11 is 0. The van der Waals surface area contributed by atoms with Gasteiger partial charge in [0.05, 0.1) is 0 Å². The van der Waals surface area contributed by atoms with Crippen LogP contribution in [0.25, 0.3) is 33.1 Å². The van der Waals surface area contributed by atoms with E-state index in [-0.39, 0.29) is 5.91 Å². The van der Waals surface area contributed by atoms with Crippen molar-refractivity contribution in [1.29, 1.82) is 0 Å². The minimum absolute atomic E-state index is 0.0548. The Balaban J connectivity index is 1.19. The van der Waals surface area contributed by atoms with Gasteiger partial charge in [-0.2, -0.15) is 0 Å². The van der Waals surface area contributed by atoms with Crippen LogP contribution in [0, 0.1) is 6.92 Å². The summed E-state index contributed by atoms with van der Waals surface area (Å²) in [4.78, 5) is 24.5. The van der Waals surface area contributed by atoms with Crippen molar-refractivity contribution in [3.63, 3.8) is 0 Å². The third kappa shape index (κ3) is 4.39. The van der Waals surface area contributed by atoms with Gasteiger partial charge in [0.1, 0.15) is 5.65 Å². The highest BCUT2D eigenvalue weighted by Gasteiger charge is 2.23. The highest BCUT2D eigenvalue weighted by atomic mass is 16.2. The molecule has 194 valence electrons. The number of carbonyl (C=O) groups excluding carboxylic acids is 1. The van der Waals surface area contributed by atoms with E-state index in [1.54, 1.807) is 19.0 Å². The fourth-order valence-electron chi connectivity index (χ4n) is 5.97.